The van der Waals surface area contributed by atoms with Gasteiger partial charge in [0.05, 0.1) is 6.61 Å². The molecule has 0 aromatic heterocycles. The molecule has 0 aliphatic carbocycles. The number of rotatable bonds is 7. The van der Waals surface area contributed by atoms with Gasteiger partial charge < -0.3 is 9.84 Å². The molecule has 0 bridgehead atoms. The highest BCUT2D eigenvalue weighted by atomic mass is 32.2. The summed E-state index contributed by atoms with van der Waals surface area (Å²) in [5, 5.41) is 9.80. The number of fused-ring (bicyclic) bond motifs is 1. The highest BCUT2D eigenvalue weighted by Gasteiger charge is 2.38. The Kier molecular flexibility index (Phi) is 9.53. The Balaban J connectivity index is 1.97. The van der Waals surface area contributed by atoms with Crippen LogP contribution in [-0.2, 0) is 16.6 Å². The largest absolute Gasteiger partial charge is 0.487 e. The van der Waals surface area contributed by atoms with Crippen molar-refractivity contribution in [3.8, 4) is 17.6 Å². The van der Waals surface area contributed by atoms with E-state index < -0.39 is 16.1 Å². The van der Waals surface area contributed by atoms with Crippen molar-refractivity contribution in [1.29, 1.82) is 0 Å². The summed E-state index contributed by atoms with van der Waals surface area (Å²) in [5.41, 5.74) is 1.26. The molecule has 2 aromatic rings. The third-order valence-electron chi connectivity index (χ3n) is 6.30. The smallest absolute Gasteiger partial charge is 0.247 e. The summed E-state index contributed by atoms with van der Waals surface area (Å²) in [6, 6.07) is 11.0. The summed E-state index contributed by atoms with van der Waals surface area (Å²) < 4.78 is 49.1. The number of likely N-dealkylation sites (N-methyl/N-ethyl adjacent to an activating group) is 1. The quantitative estimate of drug-likeness (QED) is 0.561. The van der Waals surface area contributed by atoms with Gasteiger partial charge in [0, 0.05) is 49.1 Å². The first-order valence-corrected chi connectivity index (χ1v) is 13.8. The molecule has 0 spiro atoms. The van der Waals surface area contributed by atoms with Gasteiger partial charge in [-0.1, -0.05) is 50.8 Å². The molecule has 1 N–H and O–H groups in total. The average Bonchev–Trinajstić information content (AvgIpc) is 2.82. The van der Waals surface area contributed by atoms with E-state index in [1.807, 2.05) is 18.9 Å². The van der Waals surface area contributed by atoms with Crippen LogP contribution in [0.25, 0.3) is 0 Å². The van der Waals surface area contributed by atoms with E-state index in [-0.39, 0.29) is 41.6 Å². The number of sulfonamides is 1. The highest BCUT2D eigenvalue weighted by molar-refractivity contribution is 7.89. The minimum atomic E-state index is -3.91. The molecule has 3 atom stereocenters. The monoisotopic (exact) mass is 516 g/mol. The Morgan fingerprint density at radius 3 is 2.61 bits per heavy atom. The van der Waals surface area contributed by atoms with Crippen LogP contribution >= 0.6 is 0 Å². The minimum Gasteiger partial charge on any atom is -0.487 e. The molecule has 0 saturated heterocycles. The second-order valence-electron chi connectivity index (χ2n) is 10.1. The summed E-state index contributed by atoms with van der Waals surface area (Å²) >= 11 is 0. The summed E-state index contributed by atoms with van der Waals surface area (Å²) in [6.07, 6.45) is 0.363. The number of halogens is 1. The van der Waals surface area contributed by atoms with Gasteiger partial charge >= 0.3 is 0 Å². The first-order chi connectivity index (χ1) is 17.0. The van der Waals surface area contributed by atoms with Gasteiger partial charge in [-0.3, -0.25) is 4.90 Å². The Morgan fingerprint density at radius 2 is 1.94 bits per heavy atom. The van der Waals surface area contributed by atoms with Crippen molar-refractivity contribution in [3.05, 3.63) is 59.4 Å². The standard InChI is InChI=1S/C28H37FN2O4S/c1-20(2)9-8-10-23-13-14-28-26(15-23)35-27(18-30(5)17-24-11-6-7-12-25(24)29)21(3)16-31(22(4)19-32)36(28,33)34/h6-7,11-15,20-22,27,32H,9,16-19H2,1-5H3/t21-,22+,27+/m0/s1. The maximum Gasteiger partial charge on any atom is 0.247 e. The molecule has 2 aromatic carbocycles. The maximum atomic E-state index is 14.2. The van der Waals surface area contributed by atoms with Crippen molar-refractivity contribution >= 4 is 10.0 Å². The zero-order valence-electron chi connectivity index (χ0n) is 21.7. The van der Waals surface area contributed by atoms with Crippen LogP contribution < -0.4 is 4.74 Å². The number of aliphatic hydroxyl groups excluding tert-OH is 1. The van der Waals surface area contributed by atoms with Gasteiger partial charge in [-0.25, -0.2) is 12.8 Å². The summed E-state index contributed by atoms with van der Waals surface area (Å²) in [6.45, 7) is 8.55. The molecular formula is C28H37FN2O4S. The predicted molar refractivity (Wildman–Crippen MR) is 140 cm³/mol. The molecule has 36 heavy (non-hydrogen) atoms. The molecule has 196 valence electrons. The molecule has 0 saturated carbocycles. The van der Waals surface area contributed by atoms with Crippen molar-refractivity contribution in [1.82, 2.24) is 9.21 Å². The first-order valence-electron chi connectivity index (χ1n) is 12.4. The fourth-order valence-electron chi connectivity index (χ4n) is 4.17. The zero-order chi connectivity index (χ0) is 26.5. The van der Waals surface area contributed by atoms with E-state index in [2.05, 4.69) is 25.7 Å². The van der Waals surface area contributed by atoms with Crippen LogP contribution in [-0.4, -0.2) is 61.6 Å². The van der Waals surface area contributed by atoms with E-state index in [0.29, 0.717) is 30.1 Å². The predicted octanol–water partition coefficient (Wildman–Crippen LogP) is 4.12. The van der Waals surface area contributed by atoms with Crippen LogP contribution in [0, 0.1) is 29.5 Å². The number of nitrogens with zero attached hydrogens (tertiary/aromatic N) is 2. The molecule has 6 nitrogen and oxygen atoms in total. The van der Waals surface area contributed by atoms with Crippen molar-refractivity contribution < 1.29 is 22.7 Å². The molecule has 3 rings (SSSR count). The van der Waals surface area contributed by atoms with Crippen LogP contribution in [0.5, 0.6) is 5.75 Å². The van der Waals surface area contributed by atoms with Gasteiger partial charge in [-0.15, -0.1) is 0 Å². The van der Waals surface area contributed by atoms with Crippen LogP contribution in [0.3, 0.4) is 0 Å². The SMILES string of the molecule is CC(C)CC#Cc1ccc2c(c1)O[C@H](CN(C)Cc1ccccc1F)[C@@H](C)CN([C@H](C)CO)S2(=O)=O. The molecule has 1 aliphatic heterocycles. The second kappa shape index (κ2) is 12.2. The normalized spacial score (nSPS) is 20.6. The Morgan fingerprint density at radius 1 is 1.22 bits per heavy atom. The molecule has 1 heterocycles. The minimum absolute atomic E-state index is 0.0610. The Bertz CT molecular complexity index is 1210. The molecule has 1 aliphatic rings. The van der Waals surface area contributed by atoms with Crippen molar-refractivity contribution in [3.63, 3.8) is 0 Å². The maximum absolute atomic E-state index is 14.2. The van der Waals surface area contributed by atoms with Crippen LogP contribution in [0.15, 0.2) is 47.4 Å². The lowest BCUT2D eigenvalue weighted by Gasteiger charge is -2.37. The molecule has 0 fully saturated rings. The number of benzene rings is 2. The number of ether oxygens (including phenoxy) is 1. The third-order valence-corrected chi connectivity index (χ3v) is 8.32. The average molecular weight is 517 g/mol. The van der Waals surface area contributed by atoms with E-state index in [9.17, 15) is 17.9 Å². The van der Waals surface area contributed by atoms with E-state index in [4.69, 9.17) is 4.74 Å². The van der Waals surface area contributed by atoms with Gasteiger partial charge in [-0.2, -0.15) is 4.31 Å². The van der Waals surface area contributed by atoms with Crippen molar-refractivity contribution in [2.45, 2.75) is 57.7 Å². The van der Waals surface area contributed by atoms with Gasteiger partial charge in [0.1, 0.15) is 22.6 Å². The number of hydrogen-bond donors (Lipinski definition) is 1. The first kappa shape index (κ1) is 28.1. The molecule has 0 unspecified atom stereocenters. The highest BCUT2D eigenvalue weighted by Crippen LogP contribution is 2.34. The Labute approximate surface area is 215 Å². The second-order valence-corrected chi connectivity index (χ2v) is 11.9. The number of hydrogen-bond acceptors (Lipinski definition) is 5. The van der Waals surface area contributed by atoms with Crippen molar-refractivity contribution in [2.75, 3.05) is 26.7 Å². The lowest BCUT2D eigenvalue weighted by atomic mass is 10.0. The number of aliphatic hydroxyl groups is 1. The van der Waals surface area contributed by atoms with Gasteiger partial charge in [0.15, 0.2) is 0 Å². The van der Waals surface area contributed by atoms with E-state index in [0.717, 1.165) is 6.42 Å². The molecular weight excluding hydrogens is 479 g/mol. The summed E-state index contributed by atoms with van der Waals surface area (Å²) in [7, 11) is -2.02. The topological polar surface area (TPSA) is 70.1 Å². The van der Waals surface area contributed by atoms with E-state index in [1.54, 1.807) is 37.3 Å². The van der Waals surface area contributed by atoms with E-state index in [1.165, 1.54) is 16.4 Å². The van der Waals surface area contributed by atoms with Crippen LogP contribution in [0.1, 0.15) is 45.2 Å². The fourth-order valence-corrected chi connectivity index (χ4v) is 5.99. The van der Waals surface area contributed by atoms with Gasteiger partial charge in [0.2, 0.25) is 10.0 Å². The molecule has 8 heteroatoms. The molecule has 0 radical (unpaired) electrons. The third kappa shape index (κ3) is 6.86. The Hall–Kier alpha value is -2.44. The van der Waals surface area contributed by atoms with Crippen LogP contribution in [0.2, 0.25) is 0 Å². The zero-order valence-corrected chi connectivity index (χ0v) is 22.6. The summed E-state index contributed by atoms with van der Waals surface area (Å²) in [5.74, 6) is 6.47. The van der Waals surface area contributed by atoms with Gasteiger partial charge in [0.25, 0.3) is 0 Å². The lowest BCUT2D eigenvalue weighted by Crippen LogP contribution is -2.49. The fraction of sp³-hybridized carbons (Fsp3) is 0.500. The molecule has 0 amide bonds. The summed E-state index contributed by atoms with van der Waals surface area (Å²) in [4.78, 5) is 2.03. The lowest BCUT2D eigenvalue weighted by molar-refractivity contribution is 0.0731. The van der Waals surface area contributed by atoms with Crippen LogP contribution in [0.4, 0.5) is 4.39 Å². The van der Waals surface area contributed by atoms with E-state index >= 15 is 0 Å². The van der Waals surface area contributed by atoms with Crippen molar-refractivity contribution in [2.24, 2.45) is 11.8 Å². The van der Waals surface area contributed by atoms with Gasteiger partial charge in [-0.05, 0) is 44.2 Å².